The molecule has 1 unspecified atom stereocenters. The van der Waals surface area contributed by atoms with Gasteiger partial charge in [0.1, 0.15) is 17.3 Å². The van der Waals surface area contributed by atoms with Gasteiger partial charge in [0, 0.05) is 11.6 Å². The van der Waals surface area contributed by atoms with Gasteiger partial charge >= 0.3 is 0 Å². The monoisotopic (exact) mass is 281 g/mol. The maximum atomic E-state index is 13.4. The van der Waals surface area contributed by atoms with Gasteiger partial charge in [-0.15, -0.1) is 0 Å². The quantitative estimate of drug-likeness (QED) is 0.909. The molecule has 1 N–H and O–H groups in total. The molecule has 0 spiro atoms. The summed E-state index contributed by atoms with van der Waals surface area (Å²) < 4.78 is 19.0. The van der Waals surface area contributed by atoms with E-state index in [2.05, 4.69) is 5.32 Å². The van der Waals surface area contributed by atoms with Gasteiger partial charge in [-0.2, -0.15) is 0 Å². The van der Waals surface area contributed by atoms with Crippen molar-refractivity contribution in [1.29, 1.82) is 0 Å². The number of halogens is 2. The van der Waals surface area contributed by atoms with Gasteiger partial charge in [0.25, 0.3) is 0 Å². The van der Waals surface area contributed by atoms with Crippen LogP contribution < -0.4 is 5.32 Å². The van der Waals surface area contributed by atoms with Crippen LogP contribution in [0.2, 0.25) is 5.02 Å². The maximum Gasteiger partial charge on any atom is 0.142 e. The Morgan fingerprint density at radius 3 is 2.58 bits per heavy atom. The van der Waals surface area contributed by atoms with Crippen LogP contribution in [0.15, 0.2) is 28.7 Å². The lowest BCUT2D eigenvalue weighted by Crippen LogP contribution is -2.19. The van der Waals surface area contributed by atoms with Crippen molar-refractivity contribution in [1.82, 2.24) is 5.32 Å². The second-order valence-electron chi connectivity index (χ2n) is 4.66. The highest BCUT2D eigenvalue weighted by Crippen LogP contribution is 2.25. The van der Waals surface area contributed by atoms with Crippen LogP contribution in [-0.4, -0.2) is 7.05 Å². The lowest BCUT2D eigenvalue weighted by atomic mass is 9.99. The fourth-order valence-electron chi connectivity index (χ4n) is 2.27. The lowest BCUT2D eigenvalue weighted by molar-refractivity contribution is 0.490. The molecule has 2 aromatic rings. The van der Waals surface area contributed by atoms with Crippen LogP contribution >= 0.6 is 11.6 Å². The second kappa shape index (κ2) is 5.76. The predicted octanol–water partition coefficient (Wildman–Crippen LogP) is 4.19. The molecular formula is C15H17ClFNO. The van der Waals surface area contributed by atoms with E-state index in [0.717, 1.165) is 22.6 Å². The molecule has 102 valence electrons. The Labute approximate surface area is 117 Å². The minimum absolute atomic E-state index is 0.0954. The highest BCUT2D eigenvalue weighted by molar-refractivity contribution is 6.30. The third-order valence-electron chi connectivity index (χ3n) is 3.23. The summed E-state index contributed by atoms with van der Waals surface area (Å²) in [5.41, 5.74) is 2.01. The van der Waals surface area contributed by atoms with Crippen LogP contribution in [0.4, 0.5) is 4.39 Å². The second-order valence-corrected chi connectivity index (χ2v) is 5.07. The number of benzene rings is 1. The number of hydrogen-bond donors (Lipinski definition) is 1. The first-order chi connectivity index (χ1) is 9.01. The summed E-state index contributed by atoms with van der Waals surface area (Å²) in [6.07, 6.45) is 0.685. The summed E-state index contributed by atoms with van der Waals surface area (Å²) in [7, 11) is 1.89. The van der Waals surface area contributed by atoms with E-state index in [-0.39, 0.29) is 16.9 Å². The summed E-state index contributed by atoms with van der Waals surface area (Å²) in [4.78, 5) is 0. The molecule has 0 radical (unpaired) electrons. The first kappa shape index (κ1) is 14.1. The first-order valence-electron chi connectivity index (χ1n) is 6.19. The lowest BCUT2D eigenvalue weighted by Gasteiger charge is -2.16. The fraction of sp³-hybridized carbons (Fsp3) is 0.333. The van der Waals surface area contributed by atoms with Gasteiger partial charge in [-0.3, -0.25) is 0 Å². The zero-order valence-corrected chi connectivity index (χ0v) is 12.0. The van der Waals surface area contributed by atoms with Gasteiger partial charge in [0.05, 0.1) is 5.02 Å². The molecule has 0 amide bonds. The highest BCUT2D eigenvalue weighted by atomic mass is 35.5. The van der Waals surface area contributed by atoms with Crippen molar-refractivity contribution in [3.8, 4) is 0 Å². The third kappa shape index (κ3) is 3.17. The highest BCUT2D eigenvalue weighted by Gasteiger charge is 2.16. The van der Waals surface area contributed by atoms with Crippen molar-refractivity contribution in [2.45, 2.75) is 26.3 Å². The van der Waals surface area contributed by atoms with Crippen LogP contribution in [0.25, 0.3) is 0 Å². The van der Waals surface area contributed by atoms with Crippen LogP contribution in [0.1, 0.15) is 28.7 Å². The molecule has 0 saturated carbocycles. The van der Waals surface area contributed by atoms with Gasteiger partial charge in [-0.25, -0.2) is 4.39 Å². The Morgan fingerprint density at radius 1 is 1.32 bits per heavy atom. The molecule has 0 aliphatic rings. The number of likely N-dealkylation sites (N-methyl/N-ethyl adjacent to an activating group) is 1. The van der Waals surface area contributed by atoms with E-state index >= 15 is 0 Å². The number of rotatable bonds is 4. The molecule has 1 heterocycles. The van der Waals surface area contributed by atoms with Crippen molar-refractivity contribution in [2.75, 3.05) is 7.05 Å². The van der Waals surface area contributed by atoms with Crippen molar-refractivity contribution in [3.05, 3.63) is 57.8 Å². The third-order valence-corrected chi connectivity index (χ3v) is 3.53. The molecule has 4 heteroatoms. The van der Waals surface area contributed by atoms with E-state index in [4.69, 9.17) is 16.0 Å². The van der Waals surface area contributed by atoms with Crippen molar-refractivity contribution in [2.24, 2.45) is 0 Å². The van der Waals surface area contributed by atoms with Gasteiger partial charge in [0.2, 0.25) is 0 Å². The summed E-state index contributed by atoms with van der Waals surface area (Å²) in [5, 5.41) is 3.39. The topological polar surface area (TPSA) is 25.2 Å². The minimum atomic E-state index is -0.380. The Morgan fingerprint density at radius 2 is 2.05 bits per heavy atom. The number of nitrogens with one attached hydrogen (secondary N) is 1. The number of hydrogen-bond acceptors (Lipinski definition) is 2. The normalized spacial score (nSPS) is 12.7. The summed E-state index contributed by atoms with van der Waals surface area (Å²) >= 11 is 5.69. The van der Waals surface area contributed by atoms with E-state index in [1.54, 1.807) is 6.07 Å². The average molecular weight is 282 g/mol. The number of aryl methyl sites for hydroxylation is 2. The van der Waals surface area contributed by atoms with Crippen LogP contribution in [0, 0.1) is 19.7 Å². The smallest absolute Gasteiger partial charge is 0.142 e. The molecule has 0 bridgehead atoms. The van der Waals surface area contributed by atoms with Gasteiger partial charge in [0.15, 0.2) is 0 Å². The van der Waals surface area contributed by atoms with Gasteiger partial charge in [-0.05, 0) is 51.1 Å². The SMILES string of the molecule is CNC(Cc1ccc(Cl)c(F)c1)c1cc(C)oc1C. The van der Waals surface area contributed by atoms with Gasteiger partial charge < -0.3 is 9.73 Å². The molecule has 19 heavy (non-hydrogen) atoms. The van der Waals surface area contributed by atoms with E-state index in [9.17, 15) is 4.39 Å². The molecule has 0 aliphatic carbocycles. The Hall–Kier alpha value is -1.32. The molecule has 0 aliphatic heterocycles. The standard InChI is InChI=1S/C15H17ClFNO/c1-9-6-12(10(2)19-9)15(18-3)8-11-4-5-13(16)14(17)7-11/h4-7,15,18H,8H2,1-3H3. The molecule has 0 saturated heterocycles. The van der Waals surface area contributed by atoms with Crippen molar-refractivity contribution in [3.63, 3.8) is 0 Å². The largest absolute Gasteiger partial charge is 0.466 e. The molecule has 1 aromatic carbocycles. The van der Waals surface area contributed by atoms with Crippen molar-refractivity contribution >= 4 is 11.6 Å². The van der Waals surface area contributed by atoms with Gasteiger partial charge in [-0.1, -0.05) is 17.7 Å². The van der Waals surface area contributed by atoms with E-state index < -0.39 is 0 Å². The van der Waals surface area contributed by atoms with E-state index in [1.807, 2.05) is 33.0 Å². The molecule has 0 fully saturated rings. The Bertz CT molecular complexity index is 580. The summed E-state index contributed by atoms with van der Waals surface area (Å²) in [5.74, 6) is 1.40. The van der Waals surface area contributed by atoms with E-state index in [1.165, 1.54) is 6.07 Å². The number of furan rings is 1. The Balaban J connectivity index is 2.23. The minimum Gasteiger partial charge on any atom is -0.466 e. The fourth-order valence-corrected chi connectivity index (χ4v) is 2.38. The van der Waals surface area contributed by atoms with Crippen LogP contribution in [-0.2, 0) is 6.42 Å². The average Bonchev–Trinajstić information content (AvgIpc) is 2.70. The molecule has 2 nitrogen and oxygen atoms in total. The van der Waals surface area contributed by atoms with E-state index in [0.29, 0.717) is 6.42 Å². The first-order valence-corrected chi connectivity index (χ1v) is 6.57. The maximum absolute atomic E-state index is 13.4. The zero-order chi connectivity index (χ0) is 14.0. The summed E-state index contributed by atoms with van der Waals surface area (Å²) in [6.45, 7) is 3.86. The summed E-state index contributed by atoms with van der Waals surface area (Å²) in [6, 6.07) is 7.03. The molecule has 1 atom stereocenters. The molecular weight excluding hydrogens is 265 g/mol. The predicted molar refractivity (Wildman–Crippen MR) is 75.1 cm³/mol. The zero-order valence-electron chi connectivity index (χ0n) is 11.3. The van der Waals surface area contributed by atoms with Crippen molar-refractivity contribution < 1.29 is 8.81 Å². The van der Waals surface area contributed by atoms with Crippen LogP contribution in [0.5, 0.6) is 0 Å². The molecule has 1 aromatic heterocycles. The molecule has 2 rings (SSSR count). The van der Waals surface area contributed by atoms with Crippen LogP contribution in [0.3, 0.4) is 0 Å². The Kier molecular flexibility index (Phi) is 4.27.